The largest absolute Gasteiger partial charge is 0.395 e. The number of piperazine rings is 1. The molecule has 4 heteroatoms. The minimum Gasteiger partial charge on any atom is -0.395 e. The Morgan fingerprint density at radius 1 is 1.00 bits per heavy atom. The van der Waals surface area contributed by atoms with E-state index in [9.17, 15) is 0 Å². The Morgan fingerprint density at radius 3 is 1.92 bits per heavy atom. The molecule has 1 rings (SSSR count). The van der Waals surface area contributed by atoms with Crippen LogP contribution < -0.4 is 0 Å². The van der Waals surface area contributed by atoms with E-state index in [-0.39, 0.29) is 0 Å². The molecule has 0 aliphatic carbocycles. The highest BCUT2D eigenvalue weighted by Crippen LogP contribution is 2.01. The number of rotatable bonds is 4. The second kappa shape index (κ2) is 6.12. The van der Waals surface area contributed by atoms with Gasteiger partial charge >= 0.3 is 0 Å². The van der Waals surface area contributed by atoms with E-state index in [4.69, 9.17) is 5.11 Å². The van der Waals surface area contributed by atoms with Crippen LogP contribution in [0.3, 0.4) is 0 Å². The first-order chi connectivity index (χ1) is 5.86. The number of hydrogen-bond acceptors (Lipinski definition) is 3. The third-order valence-corrected chi connectivity index (χ3v) is 2.76. The molecule has 0 aromatic rings. The summed E-state index contributed by atoms with van der Waals surface area (Å²) in [5.74, 6) is 0. The normalized spacial score (nSPS) is 21.5. The topological polar surface area (TPSA) is 26.7 Å². The van der Waals surface area contributed by atoms with Crippen molar-refractivity contribution in [1.29, 1.82) is 0 Å². The lowest BCUT2D eigenvalue weighted by Gasteiger charge is -2.33. The molecule has 0 aromatic carbocycles. The SMILES string of the molecule is OCCN1CCN(CCI)CC1. The van der Waals surface area contributed by atoms with E-state index in [0.29, 0.717) is 6.61 Å². The lowest BCUT2D eigenvalue weighted by molar-refractivity contribution is 0.117. The Kier molecular flexibility index (Phi) is 5.45. The Balaban J connectivity index is 2.11. The number of alkyl halides is 1. The summed E-state index contributed by atoms with van der Waals surface area (Å²) in [5, 5.41) is 8.73. The molecule has 0 atom stereocenters. The van der Waals surface area contributed by atoms with Crippen LogP contribution in [0.2, 0.25) is 0 Å². The fraction of sp³-hybridized carbons (Fsp3) is 1.00. The van der Waals surface area contributed by atoms with E-state index >= 15 is 0 Å². The van der Waals surface area contributed by atoms with E-state index < -0.39 is 0 Å². The average Bonchev–Trinajstić information content (AvgIpc) is 2.09. The van der Waals surface area contributed by atoms with Crippen LogP contribution in [0.25, 0.3) is 0 Å². The van der Waals surface area contributed by atoms with Crippen LogP contribution in [-0.2, 0) is 0 Å². The minimum atomic E-state index is 0.298. The monoisotopic (exact) mass is 284 g/mol. The molecule has 1 heterocycles. The lowest BCUT2D eigenvalue weighted by Crippen LogP contribution is -2.47. The summed E-state index contributed by atoms with van der Waals surface area (Å²) in [6.07, 6.45) is 0. The molecule has 1 N–H and O–H groups in total. The maximum absolute atomic E-state index is 8.73. The maximum atomic E-state index is 8.73. The summed E-state index contributed by atoms with van der Waals surface area (Å²) in [7, 11) is 0. The van der Waals surface area contributed by atoms with E-state index in [1.807, 2.05) is 0 Å². The smallest absolute Gasteiger partial charge is 0.0558 e. The fourth-order valence-corrected chi connectivity index (χ4v) is 2.18. The highest BCUT2D eigenvalue weighted by atomic mass is 127. The molecule has 0 radical (unpaired) electrons. The molecule has 1 fully saturated rings. The Morgan fingerprint density at radius 2 is 1.50 bits per heavy atom. The van der Waals surface area contributed by atoms with Crippen LogP contribution in [0.4, 0.5) is 0 Å². The van der Waals surface area contributed by atoms with Crippen molar-refractivity contribution >= 4 is 22.6 Å². The molecular formula is C8H17IN2O. The molecule has 0 bridgehead atoms. The van der Waals surface area contributed by atoms with Crippen molar-refractivity contribution in [3.63, 3.8) is 0 Å². The summed E-state index contributed by atoms with van der Waals surface area (Å²) in [4.78, 5) is 4.81. The van der Waals surface area contributed by atoms with Crippen LogP contribution in [0, 0.1) is 0 Å². The van der Waals surface area contributed by atoms with Gasteiger partial charge in [0.25, 0.3) is 0 Å². The highest BCUT2D eigenvalue weighted by molar-refractivity contribution is 14.1. The van der Waals surface area contributed by atoms with Gasteiger partial charge in [0, 0.05) is 43.7 Å². The number of nitrogens with zero attached hydrogens (tertiary/aromatic N) is 2. The summed E-state index contributed by atoms with van der Waals surface area (Å²) < 4.78 is 1.22. The van der Waals surface area contributed by atoms with Gasteiger partial charge in [0.05, 0.1) is 6.61 Å². The number of hydrogen-bond donors (Lipinski definition) is 1. The van der Waals surface area contributed by atoms with Crippen LogP contribution in [-0.4, -0.2) is 65.2 Å². The molecular weight excluding hydrogens is 267 g/mol. The predicted molar refractivity (Wildman–Crippen MR) is 58.9 cm³/mol. The van der Waals surface area contributed by atoms with Crippen LogP contribution in [0.5, 0.6) is 0 Å². The van der Waals surface area contributed by atoms with Crippen LogP contribution in [0.15, 0.2) is 0 Å². The Labute approximate surface area is 87.9 Å². The standard InChI is InChI=1S/C8H17IN2O/c9-1-2-10-3-5-11(6-4-10)7-8-12/h12H,1-8H2. The third-order valence-electron chi connectivity index (χ3n) is 2.28. The molecule has 0 spiro atoms. The van der Waals surface area contributed by atoms with Crippen molar-refractivity contribution in [2.24, 2.45) is 0 Å². The lowest BCUT2D eigenvalue weighted by atomic mass is 10.3. The van der Waals surface area contributed by atoms with Crippen molar-refractivity contribution in [2.75, 3.05) is 50.3 Å². The van der Waals surface area contributed by atoms with Crippen molar-refractivity contribution in [2.45, 2.75) is 0 Å². The zero-order valence-corrected chi connectivity index (χ0v) is 9.53. The minimum absolute atomic E-state index is 0.298. The second-order valence-corrected chi connectivity index (χ2v) is 4.17. The zero-order valence-electron chi connectivity index (χ0n) is 7.38. The van der Waals surface area contributed by atoms with Crippen LogP contribution >= 0.6 is 22.6 Å². The van der Waals surface area contributed by atoms with Gasteiger partial charge in [-0.05, 0) is 0 Å². The average molecular weight is 284 g/mol. The number of β-amino-alcohol motifs (C(OH)–C–C–N with tert-alkyl or cyclic N) is 1. The van der Waals surface area contributed by atoms with Crippen molar-refractivity contribution in [1.82, 2.24) is 9.80 Å². The van der Waals surface area contributed by atoms with Crippen molar-refractivity contribution in [3.8, 4) is 0 Å². The summed E-state index contributed by atoms with van der Waals surface area (Å²) in [5.41, 5.74) is 0. The van der Waals surface area contributed by atoms with Gasteiger partial charge in [-0.2, -0.15) is 0 Å². The van der Waals surface area contributed by atoms with Gasteiger partial charge < -0.3 is 10.0 Å². The molecule has 3 nitrogen and oxygen atoms in total. The molecule has 1 saturated heterocycles. The molecule has 1 aliphatic heterocycles. The quantitative estimate of drug-likeness (QED) is 0.583. The maximum Gasteiger partial charge on any atom is 0.0558 e. The first-order valence-electron chi connectivity index (χ1n) is 4.48. The second-order valence-electron chi connectivity index (χ2n) is 3.10. The number of aliphatic hydroxyl groups is 1. The molecule has 0 unspecified atom stereocenters. The molecule has 0 saturated carbocycles. The van der Waals surface area contributed by atoms with Gasteiger partial charge in [0.1, 0.15) is 0 Å². The van der Waals surface area contributed by atoms with Gasteiger partial charge in [-0.15, -0.1) is 0 Å². The molecule has 0 aromatic heterocycles. The van der Waals surface area contributed by atoms with E-state index in [1.54, 1.807) is 0 Å². The first-order valence-corrected chi connectivity index (χ1v) is 6.01. The van der Waals surface area contributed by atoms with E-state index in [1.165, 1.54) is 24.1 Å². The first kappa shape index (κ1) is 10.7. The summed E-state index contributed by atoms with van der Waals surface area (Å²) in [6, 6.07) is 0. The Bertz CT molecular complexity index is 102. The van der Waals surface area contributed by atoms with Gasteiger partial charge in [0.2, 0.25) is 0 Å². The Hall–Kier alpha value is 0.610. The van der Waals surface area contributed by atoms with E-state index in [0.717, 1.165) is 19.6 Å². The van der Waals surface area contributed by atoms with Gasteiger partial charge in [0.15, 0.2) is 0 Å². The summed E-state index contributed by atoms with van der Waals surface area (Å²) in [6.45, 7) is 6.94. The third kappa shape index (κ3) is 3.55. The molecule has 0 amide bonds. The van der Waals surface area contributed by atoms with Crippen molar-refractivity contribution < 1.29 is 5.11 Å². The van der Waals surface area contributed by atoms with Crippen molar-refractivity contribution in [3.05, 3.63) is 0 Å². The molecule has 12 heavy (non-hydrogen) atoms. The van der Waals surface area contributed by atoms with Crippen LogP contribution in [0.1, 0.15) is 0 Å². The van der Waals surface area contributed by atoms with E-state index in [2.05, 4.69) is 32.4 Å². The van der Waals surface area contributed by atoms with Gasteiger partial charge in [-0.25, -0.2) is 0 Å². The molecule has 72 valence electrons. The molecule has 1 aliphatic rings. The zero-order chi connectivity index (χ0) is 8.81. The predicted octanol–water partition coefficient (Wildman–Crippen LogP) is 0.0313. The van der Waals surface area contributed by atoms with Gasteiger partial charge in [-0.1, -0.05) is 22.6 Å². The highest BCUT2D eigenvalue weighted by Gasteiger charge is 2.14. The van der Waals surface area contributed by atoms with Gasteiger partial charge in [-0.3, -0.25) is 4.90 Å². The number of halogens is 1. The number of aliphatic hydroxyl groups excluding tert-OH is 1. The summed E-state index contributed by atoms with van der Waals surface area (Å²) >= 11 is 2.42. The fourth-order valence-electron chi connectivity index (χ4n) is 1.50.